The van der Waals surface area contributed by atoms with Crippen LogP contribution in [0.1, 0.15) is 31.2 Å². The van der Waals surface area contributed by atoms with Crippen LogP contribution in [-0.4, -0.2) is 18.8 Å². The maximum Gasteiger partial charge on any atom is 0.132 e. The van der Waals surface area contributed by atoms with Gasteiger partial charge >= 0.3 is 0 Å². The summed E-state index contributed by atoms with van der Waals surface area (Å²) in [6.07, 6.45) is 1.04. The molecule has 3 nitrogen and oxygen atoms in total. The van der Waals surface area contributed by atoms with Crippen molar-refractivity contribution in [1.29, 1.82) is 0 Å². The highest BCUT2D eigenvalue weighted by Crippen LogP contribution is 2.24. The van der Waals surface area contributed by atoms with Crippen LogP contribution in [0.2, 0.25) is 0 Å². The van der Waals surface area contributed by atoms with Crippen LogP contribution in [0.25, 0.3) is 0 Å². The molecule has 0 aliphatic carbocycles. The number of hydrogen-bond donors (Lipinski definition) is 1. The minimum atomic E-state index is 0.0841. The van der Waals surface area contributed by atoms with Crippen molar-refractivity contribution >= 4 is 12.5 Å². The Bertz CT molecular complexity index is 291. The SMILES string of the molecule is C=Nc1[nH]c(C(C)OC)cc1CC. The number of hydrogen-bond acceptors (Lipinski definition) is 2. The van der Waals surface area contributed by atoms with E-state index in [1.807, 2.05) is 6.92 Å². The summed E-state index contributed by atoms with van der Waals surface area (Å²) in [5.41, 5.74) is 2.25. The lowest BCUT2D eigenvalue weighted by molar-refractivity contribution is 0.116. The van der Waals surface area contributed by atoms with Gasteiger partial charge in [-0.1, -0.05) is 6.92 Å². The summed E-state index contributed by atoms with van der Waals surface area (Å²) in [7, 11) is 1.69. The fourth-order valence-corrected chi connectivity index (χ4v) is 1.27. The van der Waals surface area contributed by atoms with E-state index in [9.17, 15) is 0 Å². The van der Waals surface area contributed by atoms with E-state index in [2.05, 4.69) is 29.7 Å². The molecule has 0 aliphatic heterocycles. The van der Waals surface area contributed by atoms with Crippen LogP contribution in [0.5, 0.6) is 0 Å². The van der Waals surface area contributed by atoms with E-state index >= 15 is 0 Å². The third-order valence-electron chi connectivity index (χ3n) is 2.23. The monoisotopic (exact) mass is 180 g/mol. The number of aromatic nitrogens is 1. The summed E-state index contributed by atoms with van der Waals surface area (Å²) in [5, 5.41) is 0. The van der Waals surface area contributed by atoms with Crippen LogP contribution in [0.3, 0.4) is 0 Å². The van der Waals surface area contributed by atoms with Crippen LogP contribution < -0.4 is 0 Å². The average molecular weight is 180 g/mol. The Kier molecular flexibility index (Phi) is 3.25. The number of nitrogens with one attached hydrogen (secondary N) is 1. The van der Waals surface area contributed by atoms with Crippen molar-refractivity contribution in [2.75, 3.05) is 7.11 Å². The Labute approximate surface area is 78.8 Å². The van der Waals surface area contributed by atoms with E-state index in [4.69, 9.17) is 4.74 Å². The fraction of sp³-hybridized carbons (Fsp3) is 0.500. The van der Waals surface area contributed by atoms with Crippen molar-refractivity contribution < 1.29 is 4.74 Å². The molecule has 1 unspecified atom stereocenters. The van der Waals surface area contributed by atoms with Gasteiger partial charge in [-0.25, -0.2) is 4.99 Å². The highest BCUT2D eigenvalue weighted by atomic mass is 16.5. The number of methoxy groups -OCH3 is 1. The molecule has 1 atom stereocenters. The van der Waals surface area contributed by atoms with E-state index in [1.165, 1.54) is 5.56 Å². The normalized spacial score (nSPS) is 12.8. The van der Waals surface area contributed by atoms with Gasteiger partial charge in [0.1, 0.15) is 5.82 Å². The lowest BCUT2D eigenvalue weighted by Crippen LogP contribution is -1.94. The molecular weight excluding hydrogens is 164 g/mol. The molecule has 13 heavy (non-hydrogen) atoms. The summed E-state index contributed by atoms with van der Waals surface area (Å²) >= 11 is 0. The van der Waals surface area contributed by atoms with Crippen LogP contribution in [-0.2, 0) is 11.2 Å². The van der Waals surface area contributed by atoms with Crippen molar-refractivity contribution in [3.63, 3.8) is 0 Å². The Hall–Kier alpha value is -1.09. The molecule has 1 heterocycles. The molecule has 1 rings (SSSR count). The first-order valence-corrected chi connectivity index (χ1v) is 4.44. The number of aromatic amines is 1. The molecule has 0 aliphatic rings. The smallest absolute Gasteiger partial charge is 0.132 e. The summed E-state index contributed by atoms with van der Waals surface area (Å²) in [6.45, 7) is 7.61. The minimum absolute atomic E-state index is 0.0841. The van der Waals surface area contributed by atoms with Gasteiger partial charge in [0.2, 0.25) is 0 Å². The molecule has 0 bridgehead atoms. The third kappa shape index (κ3) is 1.98. The molecule has 0 amide bonds. The van der Waals surface area contributed by atoms with Gasteiger partial charge in [-0.2, -0.15) is 0 Å². The Morgan fingerprint density at radius 1 is 1.69 bits per heavy atom. The topological polar surface area (TPSA) is 37.4 Å². The number of rotatable bonds is 4. The second kappa shape index (κ2) is 4.23. The minimum Gasteiger partial charge on any atom is -0.376 e. The van der Waals surface area contributed by atoms with E-state index in [0.29, 0.717) is 0 Å². The zero-order valence-corrected chi connectivity index (χ0v) is 8.42. The van der Waals surface area contributed by atoms with Gasteiger partial charge in [0.15, 0.2) is 0 Å². The van der Waals surface area contributed by atoms with Gasteiger partial charge in [0.05, 0.1) is 6.10 Å². The van der Waals surface area contributed by atoms with E-state index < -0.39 is 0 Å². The second-order valence-corrected chi connectivity index (χ2v) is 2.99. The number of nitrogens with zero attached hydrogens (tertiary/aromatic N) is 1. The average Bonchev–Trinajstić information content (AvgIpc) is 2.59. The van der Waals surface area contributed by atoms with Gasteiger partial charge in [-0.15, -0.1) is 0 Å². The van der Waals surface area contributed by atoms with Crippen molar-refractivity contribution in [2.24, 2.45) is 4.99 Å². The van der Waals surface area contributed by atoms with Crippen molar-refractivity contribution in [3.8, 4) is 0 Å². The molecule has 1 N–H and O–H groups in total. The van der Waals surface area contributed by atoms with E-state index in [-0.39, 0.29) is 6.10 Å². The fourth-order valence-electron chi connectivity index (χ4n) is 1.27. The Morgan fingerprint density at radius 3 is 2.77 bits per heavy atom. The molecule has 0 saturated heterocycles. The predicted octanol–water partition coefficient (Wildman–Crippen LogP) is 2.62. The highest BCUT2D eigenvalue weighted by Gasteiger charge is 2.09. The highest BCUT2D eigenvalue weighted by molar-refractivity contribution is 5.48. The van der Waals surface area contributed by atoms with Crippen LogP contribution in [0.15, 0.2) is 11.1 Å². The standard InChI is InChI=1S/C10H16N2O/c1-5-8-6-9(7(2)13-4)12-10(8)11-3/h6-7,12H,3,5H2,1-2,4H3. The van der Waals surface area contributed by atoms with Crippen molar-refractivity contribution in [1.82, 2.24) is 4.98 Å². The zero-order valence-electron chi connectivity index (χ0n) is 8.42. The molecule has 3 heteroatoms. The van der Waals surface area contributed by atoms with Gasteiger partial charge in [0, 0.05) is 12.8 Å². The molecule has 1 aromatic heterocycles. The summed E-state index contributed by atoms with van der Waals surface area (Å²) in [5.74, 6) is 0.862. The molecule has 0 aromatic carbocycles. The van der Waals surface area contributed by atoms with Gasteiger partial charge < -0.3 is 9.72 Å². The molecule has 72 valence electrons. The Balaban J connectivity index is 2.98. The van der Waals surface area contributed by atoms with Crippen LogP contribution in [0.4, 0.5) is 5.82 Å². The number of aryl methyl sites for hydroxylation is 1. The van der Waals surface area contributed by atoms with Crippen molar-refractivity contribution in [2.45, 2.75) is 26.4 Å². The molecule has 0 saturated carbocycles. The van der Waals surface area contributed by atoms with Gasteiger partial charge in [0.25, 0.3) is 0 Å². The largest absolute Gasteiger partial charge is 0.376 e. The number of H-pyrrole nitrogens is 1. The number of aliphatic imine (C=N–C) groups is 1. The molecule has 0 fully saturated rings. The zero-order chi connectivity index (χ0) is 9.84. The maximum absolute atomic E-state index is 5.20. The van der Waals surface area contributed by atoms with Gasteiger partial charge in [-0.3, -0.25) is 0 Å². The summed E-state index contributed by atoms with van der Waals surface area (Å²) < 4.78 is 5.20. The molecule has 1 aromatic rings. The quantitative estimate of drug-likeness (QED) is 0.710. The summed E-state index contributed by atoms with van der Waals surface area (Å²) in [4.78, 5) is 7.10. The molecule has 0 radical (unpaired) electrons. The maximum atomic E-state index is 5.20. The molecule has 0 spiro atoms. The first-order valence-electron chi connectivity index (χ1n) is 4.44. The second-order valence-electron chi connectivity index (χ2n) is 2.99. The lowest BCUT2D eigenvalue weighted by atomic mass is 10.2. The first kappa shape index (κ1) is 9.99. The van der Waals surface area contributed by atoms with Crippen molar-refractivity contribution in [3.05, 3.63) is 17.3 Å². The van der Waals surface area contributed by atoms with Crippen LogP contribution >= 0.6 is 0 Å². The summed E-state index contributed by atoms with van der Waals surface area (Å²) in [6, 6.07) is 2.08. The lowest BCUT2D eigenvalue weighted by Gasteiger charge is -2.05. The third-order valence-corrected chi connectivity index (χ3v) is 2.23. The van der Waals surface area contributed by atoms with E-state index in [1.54, 1.807) is 7.11 Å². The predicted molar refractivity (Wildman–Crippen MR) is 54.8 cm³/mol. The van der Waals surface area contributed by atoms with Gasteiger partial charge in [-0.05, 0) is 31.7 Å². The first-order chi connectivity index (χ1) is 6.22. The van der Waals surface area contributed by atoms with Crippen LogP contribution in [0, 0.1) is 0 Å². The molecular formula is C10H16N2O. The Morgan fingerprint density at radius 2 is 2.38 bits per heavy atom. The number of ether oxygens (including phenoxy) is 1. The van der Waals surface area contributed by atoms with E-state index in [0.717, 1.165) is 17.9 Å².